The van der Waals surface area contributed by atoms with Crippen LogP contribution in [0.5, 0.6) is 0 Å². The van der Waals surface area contributed by atoms with Crippen LogP contribution in [0.25, 0.3) is 0 Å². The van der Waals surface area contributed by atoms with Gasteiger partial charge in [-0.15, -0.1) is 0 Å². The molecular formula is P4S8. The Labute approximate surface area is 106 Å². The third-order valence-corrected chi connectivity index (χ3v) is 81.0. The molecule has 68 valence electrons. The van der Waals surface area contributed by atoms with Crippen molar-refractivity contribution in [2.24, 2.45) is 0 Å². The first-order valence-electron chi connectivity index (χ1n) is 2.56. The van der Waals surface area contributed by atoms with Crippen molar-refractivity contribution in [1.29, 1.82) is 0 Å². The minimum atomic E-state index is -1.11. The number of rotatable bonds is 0. The van der Waals surface area contributed by atoms with Gasteiger partial charge in [-0.25, -0.2) is 0 Å². The maximum atomic E-state index is 5.72. The van der Waals surface area contributed by atoms with Crippen molar-refractivity contribution in [3.05, 3.63) is 0 Å². The SMILES string of the molecule is S=P12SP3SP(S1)SP(=S)(S3)S2. The Balaban J connectivity index is 2.09. The van der Waals surface area contributed by atoms with Crippen molar-refractivity contribution in [2.45, 2.75) is 0 Å². The van der Waals surface area contributed by atoms with E-state index in [1.165, 1.54) is 0 Å². The first-order valence-corrected chi connectivity index (χ1v) is 23.0. The van der Waals surface area contributed by atoms with Gasteiger partial charge in [0.1, 0.15) is 7.29 Å². The fourth-order valence-corrected chi connectivity index (χ4v) is 166. The average Bonchev–Trinajstić information content (AvgIpc) is 1.75. The summed E-state index contributed by atoms with van der Waals surface area (Å²) in [4.78, 5) is 0. The standard InChI is InChI=1S/P4S8/c5-3-8-1-7-2(10-3)11-4(6,9-1)12-3. The molecule has 0 aromatic heterocycles. The third-order valence-electron chi connectivity index (χ3n) is 1.000. The number of hydrogen-bond acceptors (Lipinski definition) is 8. The molecule has 12 heavy (non-hydrogen) atoms. The second-order valence-electron chi connectivity index (χ2n) is 1.83. The molecule has 0 N–H and O–H groups in total. The predicted molar refractivity (Wildman–Crippen MR) is 88.0 cm³/mol. The Morgan fingerprint density at radius 1 is 0.833 bits per heavy atom. The lowest BCUT2D eigenvalue weighted by Crippen LogP contribution is -1.77. The van der Waals surface area contributed by atoms with Gasteiger partial charge in [-0.2, -0.15) is 0 Å². The highest BCUT2D eigenvalue weighted by molar-refractivity contribution is 9.78. The monoisotopic (exact) mass is 380 g/mol. The molecule has 0 aliphatic carbocycles. The van der Waals surface area contributed by atoms with Crippen LogP contribution in [0.1, 0.15) is 0 Å². The maximum absolute atomic E-state index is 5.72. The summed E-state index contributed by atoms with van der Waals surface area (Å²) in [5.74, 6) is 0. The van der Waals surface area contributed by atoms with Crippen molar-refractivity contribution < 1.29 is 0 Å². The lowest BCUT2D eigenvalue weighted by atomic mass is 29.0. The van der Waals surface area contributed by atoms with E-state index in [1.807, 2.05) is 11.0 Å². The molecule has 4 rings (SSSR count). The minimum Gasteiger partial charge on any atom is -0.0613 e. The summed E-state index contributed by atoms with van der Waals surface area (Å²) in [5, 5.41) is 0. The summed E-state index contributed by atoms with van der Waals surface area (Å²) in [6.07, 6.45) is 0. The van der Waals surface area contributed by atoms with E-state index in [9.17, 15) is 0 Å². The van der Waals surface area contributed by atoms with Crippen LogP contribution in [-0.2, 0) is 23.6 Å². The van der Waals surface area contributed by atoms with Crippen LogP contribution < -0.4 is 0 Å². The van der Waals surface area contributed by atoms with Gasteiger partial charge in [0, 0.05) is 0 Å². The fraction of sp³-hybridized carbons (Fsp3) is 0. The third kappa shape index (κ3) is 2.14. The van der Waals surface area contributed by atoms with Crippen LogP contribution in [0.15, 0.2) is 0 Å². The predicted octanol–water partition coefficient (Wildman–Crippen LogP) is 7.33. The normalized spacial score (nSPS) is 62.3. The molecule has 0 aromatic rings. The molecule has 4 bridgehead atoms. The van der Waals surface area contributed by atoms with Crippen molar-refractivity contribution in [3.8, 4) is 0 Å². The van der Waals surface area contributed by atoms with Crippen LogP contribution in [-0.4, -0.2) is 0 Å². The fourth-order valence-electron chi connectivity index (χ4n) is 0.682. The molecule has 0 aromatic carbocycles. The Morgan fingerprint density at radius 2 is 1.25 bits per heavy atom. The molecule has 0 unspecified atom stereocenters. The van der Waals surface area contributed by atoms with Gasteiger partial charge >= 0.3 is 0 Å². The molecule has 0 radical (unpaired) electrons. The van der Waals surface area contributed by atoms with E-state index in [4.69, 9.17) is 23.6 Å². The topological polar surface area (TPSA) is 0 Å². The van der Waals surface area contributed by atoms with Crippen LogP contribution in [0, 0.1) is 0 Å². The molecule has 0 nitrogen and oxygen atoms in total. The minimum absolute atomic E-state index is 0.0979. The second kappa shape index (κ2) is 3.89. The highest BCUT2D eigenvalue weighted by atomic mass is 34.1. The summed E-state index contributed by atoms with van der Waals surface area (Å²) in [5.41, 5.74) is 0.196. The summed E-state index contributed by atoms with van der Waals surface area (Å²) >= 11 is 24.1. The van der Waals surface area contributed by atoms with Gasteiger partial charge in [0.25, 0.3) is 0 Å². The smallest absolute Gasteiger partial charge is 0.0613 e. The summed E-state index contributed by atoms with van der Waals surface area (Å²) in [6, 6.07) is 0. The van der Waals surface area contributed by atoms with Gasteiger partial charge in [0.15, 0.2) is 0 Å². The highest BCUT2D eigenvalue weighted by Crippen LogP contribution is 3.26. The average molecular weight is 380 g/mol. The molecular weight excluding hydrogens is 380 g/mol. The van der Waals surface area contributed by atoms with E-state index in [-0.39, 0.29) is 11.1 Å². The zero-order valence-corrected chi connectivity index (χ0v) is 15.2. The van der Waals surface area contributed by atoms with E-state index < -0.39 is 7.29 Å². The van der Waals surface area contributed by atoms with Gasteiger partial charge in [0.05, 0.1) is 11.1 Å². The van der Waals surface area contributed by atoms with Crippen LogP contribution >= 0.6 is 84.4 Å². The summed E-state index contributed by atoms with van der Waals surface area (Å²) in [6.45, 7) is 0. The summed E-state index contributed by atoms with van der Waals surface area (Å²) < 4.78 is -2.22. The van der Waals surface area contributed by atoms with Crippen molar-refractivity contribution >= 4 is 108 Å². The summed E-state index contributed by atoms with van der Waals surface area (Å²) in [7, 11) is 0. The van der Waals surface area contributed by atoms with E-state index >= 15 is 0 Å². The van der Waals surface area contributed by atoms with Gasteiger partial charge in [0.2, 0.25) is 0 Å². The van der Waals surface area contributed by atoms with E-state index in [1.54, 1.807) is 0 Å². The first kappa shape index (κ1) is 11.4. The van der Waals surface area contributed by atoms with E-state index in [0.717, 1.165) is 0 Å². The molecule has 0 atom stereocenters. The van der Waals surface area contributed by atoms with E-state index in [2.05, 4.69) is 55.0 Å². The molecule has 0 spiro atoms. The molecule has 12 heteroatoms. The quantitative estimate of drug-likeness (QED) is 0.396. The molecule has 4 fully saturated rings. The van der Waals surface area contributed by atoms with Crippen molar-refractivity contribution in [1.82, 2.24) is 0 Å². The van der Waals surface area contributed by atoms with Gasteiger partial charge in [-0.1, -0.05) is 78.6 Å². The van der Waals surface area contributed by atoms with Crippen molar-refractivity contribution in [3.63, 3.8) is 0 Å². The Morgan fingerprint density at radius 3 is 1.58 bits per heavy atom. The first-order chi connectivity index (χ1) is 5.57. The molecule has 0 saturated carbocycles. The Bertz CT molecular complexity index is 269. The molecule has 0 amide bonds. The van der Waals surface area contributed by atoms with E-state index in [0.29, 0.717) is 0 Å². The zero-order valence-electron chi connectivity index (χ0n) is 5.05. The van der Waals surface area contributed by atoms with Gasteiger partial charge < -0.3 is 0 Å². The lowest BCUT2D eigenvalue weighted by Gasteiger charge is -2.47. The van der Waals surface area contributed by atoms with Gasteiger partial charge in [-0.05, 0) is 11.0 Å². The second-order valence-corrected chi connectivity index (χ2v) is 49.5. The van der Waals surface area contributed by atoms with Gasteiger partial charge in [-0.3, -0.25) is 0 Å². The largest absolute Gasteiger partial charge is 0.126 e. The molecule has 4 heterocycles. The Kier molecular flexibility index (Phi) is 3.68. The van der Waals surface area contributed by atoms with Crippen LogP contribution in [0.4, 0.5) is 0 Å². The van der Waals surface area contributed by atoms with Crippen LogP contribution in [0.2, 0.25) is 0 Å². The zero-order chi connectivity index (χ0) is 8.40. The molecule has 4 aliphatic rings. The molecule has 4 saturated heterocycles. The van der Waals surface area contributed by atoms with Crippen molar-refractivity contribution in [2.75, 3.05) is 0 Å². The lowest BCUT2D eigenvalue weighted by molar-refractivity contribution is 4.73. The highest BCUT2D eigenvalue weighted by Gasteiger charge is 2.54. The maximum Gasteiger partial charge on any atom is 0.126 e. The molecule has 4 aliphatic heterocycles. The number of hydrogen-bond donors (Lipinski definition) is 0. The van der Waals surface area contributed by atoms with Crippen LogP contribution in [0.3, 0.4) is 0 Å². The Hall–Kier alpha value is 4.26.